The fraction of sp³-hybridized carbons (Fsp3) is 0.500. The predicted octanol–water partition coefficient (Wildman–Crippen LogP) is 0.821. The van der Waals surface area contributed by atoms with Gasteiger partial charge in [-0.1, -0.05) is 12.1 Å². The lowest BCUT2D eigenvalue weighted by Crippen LogP contribution is -2.33. The molecule has 0 bridgehead atoms. The van der Waals surface area contributed by atoms with Crippen LogP contribution in [0.15, 0.2) is 24.3 Å². The minimum atomic E-state index is 0.0655. The monoisotopic (exact) mass is 249 g/mol. The maximum Gasteiger partial charge on any atom is 0.253 e. The molecule has 1 amide bonds. The van der Waals surface area contributed by atoms with Gasteiger partial charge in [0.05, 0.1) is 0 Å². The first-order valence-corrected chi connectivity index (χ1v) is 6.23. The topological polar surface area (TPSA) is 49.6 Å². The molecule has 0 fully saturated rings. The number of benzene rings is 1. The molecule has 0 unspecified atom stereocenters. The lowest BCUT2D eigenvalue weighted by atomic mass is 10.1. The zero-order valence-electron chi connectivity index (χ0n) is 11.5. The average Bonchev–Trinajstić information content (AvgIpc) is 2.35. The van der Waals surface area contributed by atoms with Gasteiger partial charge in [0, 0.05) is 25.7 Å². The molecule has 18 heavy (non-hydrogen) atoms. The summed E-state index contributed by atoms with van der Waals surface area (Å²) < 4.78 is 0. The van der Waals surface area contributed by atoms with Gasteiger partial charge in [-0.2, -0.15) is 0 Å². The van der Waals surface area contributed by atoms with Gasteiger partial charge in [0.15, 0.2) is 0 Å². The third kappa shape index (κ3) is 4.47. The van der Waals surface area contributed by atoms with E-state index in [1.54, 1.807) is 4.90 Å². The number of carbonyl (C=O) groups is 1. The Balaban J connectivity index is 2.67. The van der Waals surface area contributed by atoms with E-state index in [1.165, 1.54) is 0 Å². The number of nitrogens with two attached hydrogens (primary N) is 1. The second kappa shape index (κ2) is 7.13. The molecule has 0 saturated carbocycles. The summed E-state index contributed by atoms with van der Waals surface area (Å²) in [5.74, 6) is 0.0655. The molecule has 0 aliphatic carbocycles. The molecule has 1 rings (SSSR count). The summed E-state index contributed by atoms with van der Waals surface area (Å²) in [6, 6.07) is 7.71. The molecule has 2 N–H and O–H groups in total. The Kier molecular flexibility index (Phi) is 5.82. The summed E-state index contributed by atoms with van der Waals surface area (Å²) in [6.45, 7) is 2.20. The van der Waals surface area contributed by atoms with Crippen LogP contribution in [0.1, 0.15) is 15.9 Å². The largest absolute Gasteiger partial charge is 0.340 e. The zero-order chi connectivity index (χ0) is 13.5. The Labute approximate surface area is 109 Å². The van der Waals surface area contributed by atoms with E-state index in [4.69, 9.17) is 5.73 Å². The Hall–Kier alpha value is -1.39. The van der Waals surface area contributed by atoms with Crippen LogP contribution >= 0.6 is 0 Å². The van der Waals surface area contributed by atoms with Crippen molar-refractivity contribution in [1.29, 1.82) is 0 Å². The standard InChI is InChI=1S/C14H23N3O/c1-16(2)9-10-17(3)14(18)13-6-4-5-12(11-13)7-8-15/h4-6,11H,7-10,15H2,1-3H3. The van der Waals surface area contributed by atoms with Crippen LogP contribution in [0.5, 0.6) is 0 Å². The van der Waals surface area contributed by atoms with E-state index < -0.39 is 0 Å². The minimum absolute atomic E-state index is 0.0655. The quantitative estimate of drug-likeness (QED) is 0.812. The van der Waals surface area contributed by atoms with Crippen molar-refractivity contribution in [3.05, 3.63) is 35.4 Å². The molecule has 0 saturated heterocycles. The Morgan fingerprint density at radius 3 is 2.56 bits per heavy atom. The highest BCUT2D eigenvalue weighted by atomic mass is 16.2. The number of hydrogen-bond acceptors (Lipinski definition) is 3. The first kappa shape index (κ1) is 14.7. The third-order valence-electron chi connectivity index (χ3n) is 2.84. The summed E-state index contributed by atoms with van der Waals surface area (Å²) >= 11 is 0. The van der Waals surface area contributed by atoms with Crippen molar-refractivity contribution in [1.82, 2.24) is 9.80 Å². The normalized spacial score (nSPS) is 10.7. The molecule has 0 aromatic heterocycles. The van der Waals surface area contributed by atoms with Crippen LogP contribution in [0, 0.1) is 0 Å². The zero-order valence-corrected chi connectivity index (χ0v) is 11.5. The molecule has 4 nitrogen and oxygen atoms in total. The van der Waals surface area contributed by atoms with Crippen molar-refractivity contribution in [3.63, 3.8) is 0 Å². The number of rotatable bonds is 6. The van der Waals surface area contributed by atoms with E-state index in [1.807, 2.05) is 45.4 Å². The molecule has 0 heterocycles. The van der Waals surface area contributed by atoms with Crippen LogP contribution in [0.25, 0.3) is 0 Å². The summed E-state index contributed by atoms with van der Waals surface area (Å²) in [7, 11) is 5.84. The van der Waals surface area contributed by atoms with Crippen LogP contribution < -0.4 is 5.73 Å². The summed E-state index contributed by atoms with van der Waals surface area (Å²) in [5, 5.41) is 0. The molecule has 0 radical (unpaired) electrons. The van der Waals surface area contributed by atoms with Crippen molar-refractivity contribution < 1.29 is 4.79 Å². The van der Waals surface area contributed by atoms with Crippen molar-refractivity contribution in [2.45, 2.75) is 6.42 Å². The van der Waals surface area contributed by atoms with Crippen LogP contribution in [-0.4, -0.2) is 56.5 Å². The highest BCUT2D eigenvalue weighted by molar-refractivity contribution is 5.94. The number of amides is 1. The Morgan fingerprint density at radius 2 is 1.94 bits per heavy atom. The van der Waals surface area contributed by atoms with Gasteiger partial charge in [0.2, 0.25) is 0 Å². The molecular formula is C14H23N3O. The Bertz CT molecular complexity index is 390. The van der Waals surface area contributed by atoms with Gasteiger partial charge in [-0.15, -0.1) is 0 Å². The maximum atomic E-state index is 12.2. The SMILES string of the molecule is CN(C)CCN(C)C(=O)c1cccc(CCN)c1. The fourth-order valence-corrected chi connectivity index (χ4v) is 1.70. The molecule has 0 aliphatic rings. The van der Waals surface area contributed by atoms with Crippen LogP contribution in [0.3, 0.4) is 0 Å². The smallest absolute Gasteiger partial charge is 0.253 e. The van der Waals surface area contributed by atoms with E-state index in [-0.39, 0.29) is 5.91 Å². The van der Waals surface area contributed by atoms with E-state index in [0.29, 0.717) is 6.54 Å². The number of likely N-dealkylation sites (N-methyl/N-ethyl adjacent to an activating group) is 2. The first-order chi connectivity index (χ1) is 8.54. The summed E-state index contributed by atoms with van der Waals surface area (Å²) in [5.41, 5.74) is 7.38. The third-order valence-corrected chi connectivity index (χ3v) is 2.84. The molecule has 0 aliphatic heterocycles. The number of hydrogen-bond donors (Lipinski definition) is 1. The molecular weight excluding hydrogens is 226 g/mol. The fourth-order valence-electron chi connectivity index (χ4n) is 1.70. The molecule has 1 aromatic rings. The highest BCUT2D eigenvalue weighted by Crippen LogP contribution is 2.08. The van der Waals surface area contributed by atoms with Crippen molar-refractivity contribution in [3.8, 4) is 0 Å². The first-order valence-electron chi connectivity index (χ1n) is 6.23. The predicted molar refractivity (Wildman–Crippen MR) is 74.7 cm³/mol. The lowest BCUT2D eigenvalue weighted by Gasteiger charge is -2.20. The minimum Gasteiger partial charge on any atom is -0.340 e. The van der Waals surface area contributed by atoms with E-state index >= 15 is 0 Å². The van der Waals surface area contributed by atoms with Gasteiger partial charge in [-0.25, -0.2) is 0 Å². The van der Waals surface area contributed by atoms with Gasteiger partial charge >= 0.3 is 0 Å². The summed E-state index contributed by atoms with van der Waals surface area (Å²) in [4.78, 5) is 16.0. The number of nitrogens with zero attached hydrogens (tertiary/aromatic N) is 2. The van der Waals surface area contributed by atoms with E-state index in [9.17, 15) is 4.79 Å². The van der Waals surface area contributed by atoms with Gasteiger partial charge < -0.3 is 15.5 Å². The second-order valence-electron chi connectivity index (χ2n) is 4.77. The Morgan fingerprint density at radius 1 is 1.22 bits per heavy atom. The summed E-state index contributed by atoms with van der Waals surface area (Å²) in [6.07, 6.45) is 0.808. The van der Waals surface area contributed by atoms with Gasteiger partial charge in [-0.05, 0) is 44.8 Å². The molecule has 4 heteroatoms. The van der Waals surface area contributed by atoms with E-state index in [0.717, 1.165) is 30.6 Å². The van der Waals surface area contributed by atoms with Crippen LogP contribution in [-0.2, 0) is 6.42 Å². The van der Waals surface area contributed by atoms with Crippen molar-refractivity contribution >= 4 is 5.91 Å². The average molecular weight is 249 g/mol. The van der Waals surface area contributed by atoms with Gasteiger partial charge in [-0.3, -0.25) is 4.79 Å². The second-order valence-corrected chi connectivity index (χ2v) is 4.77. The van der Waals surface area contributed by atoms with Crippen molar-refractivity contribution in [2.75, 3.05) is 40.8 Å². The maximum absolute atomic E-state index is 12.2. The lowest BCUT2D eigenvalue weighted by molar-refractivity contribution is 0.0786. The molecule has 0 atom stereocenters. The molecule has 1 aromatic carbocycles. The van der Waals surface area contributed by atoms with Gasteiger partial charge in [0.25, 0.3) is 5.91 Å². The van der Waals surface area contributed by atoms with E-state index in [2.05, 4.69) is 4.90 Å². The van der Waals surface area contributed by atoms with Crippen LogP contribution in [0.2, 0.25) is 0 Å². The molecule has 0 spiro atoms. The van der Waals surface area contributed by atoms with Crippen LogP contribution in [0.4, 0.5) is 0 Å². The molecule has 100 valence electrons. The highest BCUT2D eigenvalue weighted by Gasteiger charge is 2.11. The van der Waals surface area contributed by atoms with Crippen molar-refractivity contribution in [2.24, 2.45) is 5.73 Å². The van der Waals surface area contributed by atoms with Gasteiger partial charge in [0.1, 0.15) is 0 Å². The number of carbonyl (C=O) groups excluding carboxylic acids is 1.